The molecule has 6 heteroatoms. The predicted molar refractivity (Wildman–Crippen MR) is 75.0 cm³/mol. The second-order valence-electron chi connectivity index (χ2n) is 4.94. The smallest absolute Gasteiger partial charge is 0.249 e. The summed E-state index contributed by atoms with van der Waals surface area (Å²) in [5.74, 6) is -0.958. The minimum atomic E-state index is -0.851. The maximum atomic E-state index is 12.0. The lowest BCUT2D eigenvalue weighted by Gasteiger charge is -2.18. The highest BCUT2D eigenvalue weighted by molar-refractivity contribution is 5.88. The molecule has 0 unspecified atom stereocenters. The van der Waals surface area contributed by atoms with Gasteiger partial charge in [0.15, 0.2) is 0 Å². The zero-order valence-electron chi connectivity index (χ0n) is 11.5. The molecule has 3 N–H and O–H groups in total. The Morgan fingerprint density at radius 3 is 2.86 bits per heavy atom. The molecule has 2 amide bonds. The van der Waals surface area contributed by atoms with E-state index in [-0.39, 0.29) is 12.3 Å². The number of hydrogen-bond donors (Lipinski definition) is 2. The minimum Gasteiger partial charge on any atom is -0.368 e. The molecule has 0 spiro atoms. The van der Waals surface area contributed by atoms with Gasteiger partial charge in [-0.15, -0.1) is 0 Å². The number of nitriles is 1. The van der Waals surface area contributed by atoms with Crippen molar-refractivity contribution in [2.45, 2.75) is 31.4 Å². The Labute approximate surface area is 122 Å². The summed E-state index contributed by atoms with van der Waals surface area (Å²) in [4.78, 5) is 23.5. The summed E-state index contributed by atoms with van der Waals surface area (Å²) in [5.41, 5.74) is 6.49. The van der Waals surface area contributed by atoms with Gasteiger partial charge in [0.2, 0.25) is 11.8 Å². The van der Waals surface area contributed by atoms with Crippen molar-refractivity contribution < 1.29 is 14.3 Å². The molecule has 1 aromatic carbocycles. The Morgan fingerprint density at radius 2 is 2.24 bits per heavy atom. The van der Waals surface area contributed by atoms with Crippen LogP contribution in [-0.4, -0.2) is 30.6 Å². The van der Waals surface area contributed by atoms with Gasteiger partial charge in [-0.05, 0) is 24.5 Å². The van der Waals surface area contributed by atoms with E-state index in [0.717, 1.165) is 6.42 Å². The largest absolute Gasteiger partial charge is 0.368 e. The van der Waals surface area contributed by atoms with Crippen LogP contribution in [0.4, 0.5) is 0 Å². The van der Waals surface area contributed by atoms with Gasteiger partial charge in [0.1, 0.15) is 12.1 Å². The molecule has 1 saturated heterocycles. The Morgan fingerprint density at radius 1 is 1.48 bits per heavy atom. The average molecular weight is 287 g/mol. The van der Waals surface area contributed by atoms with Crippen molar-refractivity contribution in [3.8, 4) is 6.07 Å². The first-order valence-electron chi connectivity index (χ1n) is 6.81. The molecule has 0 saturated carbocycles. The molecule has 0 aromatic heterocycles. The summed E-state index contributed by atoms with van der Waals surface area (Å²) in [6, 6.07) is 8.13. The van der Waals surface area contributed by atoms with E-state index in [4.69, 9.17) is 15.7 Å². The van der Waals surface area contributed by atoms with E-state index in [1.54, 1.807) is 24.3 Å². The first kappa shape index (κ1) is 15.0. The number of nitrogens with two attached hydrogens (primary N) is 1. The van der Waals surface area contributed by atoms with Crippen LogP contribution in [-0.2, 0) is 20.7 Å². The highest BCUT2D eigenvalue weighted by Gasteiger charge is 2.27. The number of carbonyl (C=O) groups is 2. The van der Waals surface area contributed by atoms with Crippen LogP contribution in [0.1, 0.15) is 24.0 Å². The number of nitrogens with zero attached hydrogens (tertiary/aromatic N) is 1. The molecular weight excluding hydrogens is 270 g/mol. The summed E-state index contributed by atoms with van der Waals surface area (Å²) in [5, 5.41) is 11.7. The van der Waals surface area contributed by atoms with E-state index in [0.29, 0.717) is 24.2 Å². The van der Waals surface area contributed by atoms with Crippen LogP contribution in [0.25, 0.3) is 0 Å². The quantitative estimate of drug-likeness (QED) is 0.809. The monoisotopic (exact) mass is 287 g/mol. The summed E-state index contributed by atoms with van der Waals surface area (Å²) < 4.78 is 5.27. The highest BCUT2D eigenvalue weighted by Crippen LogP contribution is 2.14. The molecule has 2 rings (SSSR count). The van der Waals surface area contributed by atoms with E-state index < -0.39 is 18.1 Å². The van der Waals surface area contributed by atoms with Crippen molar-refractivity contribution in [2.24, 2.45) is 5.73 Å². The molecule has 1 aliphatic rings. The zero-order chi connectivity index (χ0) is 15.2. The molecule has 21 heavy (non-hydrogen) atoms. The number of nitrogens with one attached hydrogen (secondary N) is 1. The zero-order valence-corrected chi connectivity index (χ0v) is 11.5. The molecule has 1 aliphatic heterocycles. The van der Waals surface area contributed by atoms with Crippen molar-refractivity contribution >= 4 is 11.8 Å². The van der Waals surface area contributed by atoms with Crippen molar-refractivity contribution in [1.82, 2.24) is 5.32 Å². The average Bonchev–Trinajstić information content (AvgIpc) is 3.01. The van der Waals surface area contributed by atoms with Gasteiger partial charge in [-0.25, -0.2) is 0 Å². The SMILES string of the molecule is N#Cc1ccccc1C[C@H](NC(=O)[C@@H]1CCCO1)C(N)=O. The molecule has 2 atom stereocenters. The third kappa shape index (κ3) is 3.80. The first-order valence-corrected chi connectivity index (χ1v) is 6.81. The fourth-order valence-electron chi connectivity index (χ4n) is 2.30. The maximum absolute atomic E-state index is 12.0. The summed E-state index contributed by atoms with van der Waals surface area (Å²) >= 11 is 0. The van der Waals surface area contributed by atoms with E-state index in [1.807, 2.05) is 0 Å². The van der Waals surface area contributed by atoms with E-state index in [1.165, 1.54) is 0 Å². The highest BCUT2D eigenvalue weighted by atomic mass is 16.5. The van der Waals surface area contributed by atoms with Crippen LogP contribution < -0.4 is 11.1 Å². The van der Waals surface area contributed by atoms with E-state index in [2.05, 4.69) is 11.4 Å². The number of ether oxygens (including phenoxy) is 1. The van der Waals surface area contributed by atoms with E-state index in [9.17, 15) is 9.59 Å². The topological polar surface area (TPSA) is 105 Å². The molecule has 0 aliphatic carbocycles. The van der Waals surface area contributed by atoms with Crippen molar-refractivity contribution in [2.75, 3.05) is 6.61 Å². The fourth-order valence-corrected chi connectivity index (χ4v) is 2.30. The van der Waals surface area contributed by atoms with Gasteiger partial charge in [-0.3, -0.25) is 9.59 Å². The normalized spacial score (nSPS) is 18.7. The Kier molecular flexibility index (Phi) is 4.90. The summed E-state index contributed by atoms with van der Waals surface area (Å²) in [7, 11) is 0. The number of rotatable bonds is 5. The lowest BCUT2D eigenvalue weighted by atomic mass is 10.00. The number of carbonyl (C=O) groups excluding carboxylic acids is 2. The maximum Gasteiger partial charge on any atom is 0.249 e. The molecule has 1 heterocycles. The summed E-state index contributed by atoms with van der Waals surface area (Å²) in [6.45, 7) is 0.552. The second-order valence-corrected chi connectivity index (χ2v) is 4.94. The van der Waals surface area contributed by atoms with Crippen LogP contribution in [0.2, 0.25) is 0 Å². The number of primary amides is 1. The van der Waals surface area contributed by atoms with Gasteiger partial charge < -0.3 is 15.8 Å². The number of amides is 2. The number of benzene rings is 1. The molecular formula is C15H17N3O3. The van der Waals surface area contributed by atoms with Crippen LogP contribution in [0.5, 0.6) is 0 Å². The van der Waals surface area contributed by atoms with Crippen molar-refractivity contribution in [3.05, 3.63) is 35.4 Å². The Hall–Kier alpha value is -2.39. The molecule has 110 valence electrons. The molecule has 0 radical (unpaired) electrons. The Bertz CT molecular complexity index is 574. The standard InChI is InChI=1S/C15H17N3O3/c16-9-11-5-2-1-4-10(11)8-12(14(17)19)18-15(20)13-6-3-7-21-13/h1-2,4-5,12-13H,3,6-8H2,(H2,17,19)(H,18,20)/t12-,13-/m0/s1. The van der Waals surface area contributed by atoms with Crippen LogP contribution in [0.15, 0.2) is 24.3 Å². The first-order chi connectivity index (χ1) is 10.1. The summed E-state index contributed by atoms with van der Waals surface area (Å²) in [6.07, 6.45) is 1.15. The Balaban J connectivity index is 2.07. The van der Waals surface area contributed by atoms with Gasteiger partial charge in [0.05, 0.1) is 11.6 Å². The van der Waals surface area contributed by atoms with Gasteiger partial charge >= 0.3 is 0 Å². The van der Waals surface area contributed by atoms with Crippen LogP contribution in [0, 0.1) is 11.3 Å². The molecule has 1 fully saturated rings. The van der Waals surface area contributed by atoms with Crippen molar-refractivity contribution in [3.63, 3.8) is 0 Å². The third-order valence-electron chi connectivity index (χ3n) is 3.44. The van der Waals surface area contributed by atoms with Gasteiger partial charge in [-0.2, -0.15) is 5.26 Å². The van der Waals surface area contributed by atoms with E-state index >= 15 is 0 Å². The molecule has 6 nitrogen and oxygen atoms in total. The van der Waals surface area contributed by atoms with Crippen LogP contribution in [0.3, 0.4) is 0 Å². The fraction of sp³-hybridized carbons (Fsp3) is 0.400. The third-order valence-corrected chi connectivity index (χ3v) is 3.44. The van der Waals surface area contributed by atoms with Crippen molar-refractivity contribution in [1.29, 1.82) is 5.26 Å². The lowest BCUT2D eigenvalue weighted by molar-refractivity contribution is -0.133. The molecule has 1 aromatic rings. The predicted octanol–water partition coefficient (Wildman–Crippen LogP) is 0.250. The second kappa shape index (κ2) is 6.86. The molecule has 0 bridgehead atoms. The van der Waals surface area contributed by atoms with Gasteiger partial charge in [0, 0.05) is 13.0 Å². The van der Waals surface area contributed by atoms with Gasteiger partial charge in [-0.1, -0.05) is 18.2 Å². The van der Waals surface area contributed by atoms with Gasteiger partial charge in [0.25, 0.3) is 0 Å². The number of hydrogen-bond acceptors (Lipinski definition) is 4. The minimum absolute atomic E-state index is 0.192. The van der Waals surface area contributed by atoms with Crippen LogP contribution >= 0.6 is 0 Å². The lowest BCUT2D eigenvalue weighted by Crippen LogP contribution is -2.49.